The molecule has 1 saturated carbocycles. The first-order valence-corrected chi connectivity index (χ1v) is 6.78. The lowest BCUT2D eigenvalue weighted by Crippen LogP contribution is -2.44. The highest BCUT2D eigenvalue weighted by Crippen LogP contribution is 2.33. The summed E-state index contributed by atoms with van der Waals surface area (Å²) in [7, 11) is 0. The molecule has 1 saturated heterocycles. The molecule has 2 rings (SSSR count). The molecule has 1 aliphatic carbocycles. The van der Waals surface area contributed by atoms with Crippen LogP contribution in [0.1, 0.15) is 38.5 Å². The van der Waals surface area contributed by atoms with Gasteiger partial charge in [-0.25, -0.2) is 0 Å². The third kappa shape index (κ3) is 3.46. The first kappa shape index (κ1) is 13.8. The number of carbonyl (C=O) groups excluding carboxylic acids is 1. The summed E-state index contributed by atoms with van der Waals surface area (Å²) in [6.07, 6.45) is 0.655. The van der Waals surface area contributed by atoms with Crippen LogP contribution in [-0.4, -0.2) is 36.5 Å². The molecule has 0 bridgehead atoms. The number of rotatable bonds is 3. The molecule has 0 radical (unpaired) electrons. The predicted octanol–water partition coefficient (Wildman–Crippen LogP) is 3.02. The summed E-state index contributed by atoms with van der Waals surface area (Å²) in [5.74, 6) is -0.991. The maximum Gasteiger partial charge on any atom is 0.393 e. The van der Waals surface area contributed by atoms with E-state index in [9.17, 15) is 18.0 Å². The largest absolute Gasteiger partial charge is 0.393 e. The predicted molar refractivity (Wildman–Crippen MR) is 62.2 cm³/mol. The summed E-state index contributed by atoms with van der Waals surface area (Å²) in [4.78, 5) is 13.6. The Morgan fingerprint density at radius 1 is 1.11 bits per heavy atom. The fraction of sp³-hybridized carbons (Fsp3) is 0.923. The molecule has 1 heterocycles. The van der Waals surface area contributed by atoms with Crippen molar-refractivity contribution < 1.29 is 18.0 Å². The van der Waals surface area contributed by atoms with E-state index >= 15 is 0 Å². The average molecular weight is 263 g/mol. The highest BCUT2D eigenvalue weighted by molar-refractivity contribution is 5.83. The lowest BCUT2D eigenvalue weighted by molar-refractivity contribution is -0.187. The Balaban J connectivity index is 1.83. The lowest BCUT2D eigenvalue weighted by atomic mass is 9.96. The van der Waals surface area contributed by atoms with Crippen molar-refractivity contribution in [1.82, 2.24) is 4.90 Å². The Labute approximate surface area is 106 Å². The topological polar surface area (TPSA) is 20.3 Å². The zero-order valence-electron chi connectivity index (χ0n) is 10.5. The smallest absolute Gasteiger partial charge is 0.298 e. The van der Waals surface area contributed by atoms with Gasteiger partial charge in [-0.3, -0.25) is 9.69 Å². The molecule has 2 fully saturated rings. The monoisotopic (exact) mass is 263 g/mol. The quantitative estimate of drug-likeness (QED) is 0.780. The summed E-state index contributed by atoms with van der Waals surface area (Å²) in [5.41, 5.74) is 0. The zero-order valence-corrected chi connectivity index (χ0v) is 10.5. The van der Waals surface area contributed by atoms with Crippen LogP contribution in [-0.2, 0) is 4.79 Å². The van der Waals surface area contributed by atoms with Gasteiger partial charge in [0.2, 0.25) is 0 Å². The molecule has 1 aliphatic heterocycles. The molecule has 5 heteroatoms. The Morgan fingerprint density at radius 3 is 2.39 bits per heavy atom. The second-order valence-electron chi connectivity index (χ2n) is 5.56. The van der Waals surface area contributed by atoms with Gasteiger partial charge in [0.25, 0.3) is 0 Å². The third-order valence-electron chi connectivity index (χ3n) is 4.16. The van der Waals surface area contributed by atoms with Gasteiger partial charge in [0.05, 0.1) is 12.5 Å². The molecule has 0 aromatic carbocycles. The van der Waals surface area contributed by atoms with Gasteiger partial charge in [0.1, 0.15) is 5.78 Å². The summed E-state index contributed by atoms with van der Waals surface area (Å²) in [6, 6.07) is 0. The Kier molecular flexibility index (Phi) is 4.30. The highest BCUT2D eigenvalue weighted by atomic mass is 19.4. The van der Waals surface area contributed by atoms with Crippen LogP contribution in [0.25, 0.3) is 0 Å². The first-order valence-electron chi connectivity index (χ1n) is 6.78. The van der Waals surface area contributed by atoms with Gasteiger partial charge in [0, 0.05) is 12.5 Å². The molecular weight excluding hydrogens is 243 g/mol. The molecule has 104 valence electrons. The van der Waals surface area contributed by atoms with Crippen LogP contribution in [0.2, 0.25) is 0 Å². The summed E-state index contributed by atoms with van der Waals surface area (Å²) in [6.45, 7) is 0.851. The number of likely N-dealkylation sites (tertiary alicyclic amines) is 1. The van der Waals surface area contributed by atoms with Crippen LogP contribution in [0.5, 0.6) is 0 Å². The normalized spacial score (nSPS) is 27.6. The van der Waals surface area contributed by atoms with Gasteiger partial charge in [-0.15, -0.1) is 0 Å². The standard InChI is InChI=1S/C13H20F3NO/c14-13(15,16)11-6-3-7-17(8-11)9-12(18)10-4-1-2-5-10/h10-11H,1-9H2. The second kappa shape index (κ2) is 5.59. The maximum absolute atomic E-state index is 12.6. The molecule has 18 heavy (non-hydrogen) atoms. The zero-order chi connectivity index (χ0) is 13.2. The van der Waals surface area contributed by atoms with E-state index in [4.69, 9.17) is 0 Å². The highest BCUT2D eigenvalue weighted by Gasteiger charge is 2.42. The molecule has 0 aromatic rings. The van der Waals surface area contributed by atoms with E-state index in [2.05, 4.69) is 0 Å². The fourth-order valence-corrected chi connectivity index (χ4v) is 3.06. The summed E-state index contributed by atoms with van der Waals surface area (Å²) >= 11 is 0. The third-order valence-corrected chi connectivity index (χ3v) is 4.16. The van der Waals surface area contributed by atoms with Crippen molar-refractivity contribution in [2.75, 3.05) is 19.6 Å². The number of piperidine rings is 1. The SMILES string of the molecule is O=C(CN1CCCC(C(F)(F)F)C1)C1CCCC1. The van der Waals surface area contributed by atoms with Crippen molar-refractivity contribution in [3.63, 3.8) is 0 Å². The van der Waals surface area contributed by atoms with Crippen molar-refractivity contribution in [3.05, 3.63) is 0 Å². The van der Waals surface area contributed by atoms with E-state index in [1.807, 2.05) is 0 Å². The van der Waals surface area contributed by atoms with Crippen LogP contribution in [0.4, 0.5) is 13.2 Å². The summed E-state index contributed by atoms with van der Waals surface area (Å²) in [5, 5.41) is 0. The van der Waals surface area contributed by atoms with Crippen LogP contribution in [0.3, 0.4) is 0 Å². The molecule has 0 spiro atoms. The van der Waals surface area contributed by atoms with Gasteiger partial charge >= 0.3 is 6.18 Å². The number of halogens is 3. The number of nitrogens with zero attached hydrogens (tertiary/aromatic N) is 1. The fourth-order valence-electron chi connectivity index (χ4n) is 3.06. The molecule has 0 aromatic heterocycles. The van der Waals surface area contributed by atoms with Gasteiger partial charge < -0.3 is 0 Å². The molecular formula is C13H20F3NO. The van der Waals surface area contributed by atoms with Crippen molar-refractivity contribution >= 4 is 5.78 Å². The minimum absolute atomic E-state index is 0.00194. The summed E-state index contributed by atoms with van der Waals surface area (Å²) < 4.78 is 37.9. The van der Waals surface area contributed by atoms with Crippen LogP contribution >= 0.6 is 0 Å². The number of alkyl halides is 3. The van der Waals surface area contributed by atoms with Crippen molar-refractivity contribution in [2.24, 2.45) is 11.8 Å². The van der Waals surface area contributed by atoms with Crippen LogP contribution < -0.4 is 0 Å². The van der Waals surface area contributed by atoms with E-state index in [1.54, 1.807) is 4.90 Å². The van der Waals surface area contributed by atoms with Gasteiger partial charge in [-0.05, 0) is 32.2 Å². The number of hydrogen-bond acceptors (Lipinski definition) is 2. The molecule has 0 N–H and O–H groups in total. The molecule has 0 amide bonds. The van der Waals surface area contributed by atoms with Crippen LogP contribution in [0.15, 0.2) is 0 Å². The van der Waals surface area contributed by atoms with Crippen molar-refractivity contribution in [2.45, 2.75) is 44.7 Å². The first-order chi connectivity index (χ1) is 8.47. The second-order valence-corrected chi connectivity index (χ2v) is 5.56. The number of carbonyl (C=O) groups is 1. The Bertz CT molecular complexity index is 297. The minimum Gasteiger partial charge on any atom is -0.298 e. The van der Waals surface area contributed by atoms with Gasteiger partial charge in [-0.2, -0.15) is 13.2 Å². The van der Waals surface area contributed by atoms with E-state index in [0.717, 1.165) is 25.7 Å². The van der Waals surface area contributed by atoms with Gasteiger partial charge in [0.15, 0.2) is 0 Å². The maximum atomic E-state index is 12.6. The number of Topliss-reactive ketones (excluding diaryl/α,β-unsaturated/α-hetero) is 1. The minimum atomic E-state index is -4.12. The Morgan fingerprint density at radius 2 is 1.78 bits per heavy atom. The average Bonchev–Trinajstić information content (AvgIpc) is 2.81. The molecule has 1 unspecified atom stereocenters. The van der Waals surface area contributed by atoms with Crippen molar-refractivity contribution in [3.8, 4) is 0 Å². The lowest BCUT2D eigenvalue weighted by Gasteiger charge is -2.33. The van der Waals surface area contributed by atoms with Gasteiger partial charge in [-0.1, -0.05) is 12.8 Å². The Hall–Kier alpha value is -0.580. The van der Waals surface area contributed by atoms with E-state index < -0.39 is 12.1 Å². The van der Waals surface area contributed by atoms with E-state index in [0.29, 0.717) is 13.0 Å². The van der Waals surface area contributed by atoms with Crippen molar-refractivity contribution in [1.29, 1.82) is 0 Å². The number of hydrogen-bond donors (Lipinski definition) is 0. The number of ketones is 1. The van der Waals surface area contributed by atoms with E-state index in [1.165, 1.54) is 0 Å². The molecule has 2 aliphatic rings. The van der Waals surface area contributed by atoms with E-state index in [-0.39, 0.29) is 31.2 Å². The van der Waals surface area contributed by atoms with Crippen LogP contribution in [0, 0.1) is 11.8 Å². The molecule has 1 atom stereocenters. The molecule has 2 nitrogen and oxygen atoms in total.